The van der Waals surface area contributed by atoms with Gasteiger partial charge in [-0.2, -0.15) is 18.3 Å². The maximum atomic E-state index is 13.1. The van der Waals surface area contributed by atoms with Crippen LogP contribution in [0.25, 0.3) is 27.4 Å². The second-order valence-electron chi connectivity index (χ2n) is 6.52. The fourth-order valence-electron chi connectivity index (χ4n) is 2.96. The van der Waals surface area contributed by atoms with E-state index in [0.29, 0.717) is 26.3 Å². The smallest absolute Gasteiger partial charge is 0.344 e. The summed E-state index contributed by atoms with van der Waals surface area (Å²) in [6, 6.07) is 0. The summed E-state index contributed by atoms with van der Waals surface area (Å²) in [5.41, 5.74) is -0.229. The largest absolute Gasteiger partial charge is 0.436 e. The molecule has 8 nitrogen and oxygen atoms in total. The van der Waals surface area contributed by atoms with Crippen LogP contribution >= 0.6 is 22.9 Å². The molecule has 0 aliphatic carbocycles. The van der Waals surface area contributed by atoms with Gasteiger partial charge in [0.15, 0.2) is 11.3 Å². The molecule has 0 aromatic carbocycles. The average molecular weight is 444 g/mol. The van der Waals surface area contributed by atoms with Crippen LogP contribution in [0.5, 0.6) is 0 Å². The summed E-state index contributed by atoms with van der Waals surface area (Å²) >= 11 is 7.17. The lowest BCUT2D eigenvalue weighted by atomic mass is 10.2. The third-order valence-electron chi connectivity index (χ3n) is 4.34. The number of carbonyl (C=O) groups is 1. The molecule has 152 valence electrons. The van der Waals surface area contributed by atoms with Gasteiger partial charge in [-0.3, -0.25) is 9.48 Å². The lowest BCUT2D eigenvalue weighted by molar-refractivity contribution is -0.141. The number of aryl methyl sites for hydroxylation is 2. The Kier molecular flexibility index (Phi) is 4.31. The summed E-state index contributed by atoms with van der Waals surface area (Å²) in [6.07, 6.45) is -3.31. The van der Waals surface area contributed by atoms with Gasteiger partial charge in [0.25, 0.3) is 5.91 Å². The highest BCUT2D eigenvalue weighted by Crippen LogP contribution is 2.39. The Morgan fingerprint density at radius 2 is 1.97 bits per heavy atom. The van der Waals surface area contributed by atoms with Crippen molar-refractivity contribution in [3.63, 3.8) is 0 Å². The summed E-state index contributed by atoms with van der Waals surface area (Å²) < 4.78 is 41.7. The van der Waals surface area contributed by atoms with Crippen molar-refractivity contribution >= 4 is 44.7 Å². The predicted octanol–water partition coefficient (Wildman–Crippen LogP) is 3.42. The van der Waals surface area contributed by atoms with E-state index in [0.717, 1.165) is 4.68 Å². The molecule has 0 saturated carbocycles. The predicted molar refractivity (Wildman–Crippen MR) is 101 cm³/mol. The number of thiophene rings is 1. The summed E-state index contributed by atoms with van der Waals surface area (Å²) in [4.78, 5) is 23.6. The fourth-order valence-corrected chi connectivity index (χ4v) is 4.48. The van der Waals surface area contributed by atoms with Crippen LogP contribution in [0.15, 0.2) is 6.33 Å². The molecule has 0 saturated heterocycles. The zero-order chi connectivity index (χ0) is 21.2. The van der Waals surface area contributed by atoms with E-state index in [4.69, 9.17) is 11.6 Å². The van der Waals surface area contributed by atoms with Crippen LogP contribution in [0.1, 0.15) is 20.9 Å². The SMILES string of the molecule is Cc1c(C(=O)N(C)C)sc2ncn3nc(-c4c(Cl)c(C(F)(F)F)nn4C)nc3c12. The molecule has 4 rings (SSSR count). The van der Waals surface area contributed by atoms with E-state index in [1.165, 1.54) is 34.1 Å². The van der Waals surface area contributed by atoms with Gasteiger partial charge in [-0.1, -0.05) is 11.6 Å². The van der Waals surface area contributed by atoms with Crippen LogP contribution in [-0.2, 0) is 13.2 Å². The molecule has 0 spiro atoms. The van der Waals surface area contributed by atoms with Crippen molar-refractivity contribution in [2.24, 2.45) is 7.05 Å². The van der Waals surface area contributed by atoms with Gasteiger partial charge in [0.05, 0.1) is 10.3 Å². The second-order valence-corrected chi connectivity index (χ2v) is 7.89. The van der Waals surface area contributed by atoms with E-state index in [9.17, 15) is 18.0 Å². The standard InChI is InChI=1S/C16H13ClF3N7OS/c1-6-7-13-22-12(9-8(17)11(16(18,19)20)23-26(9)4)24-27(13)5-21-14(7)29-10(6)15(28)25(2)3/h5H,1-4H3. The highest BCUT2D eigenvalue weighted by Gasteiger charge is 2.39. The van der Waals surface area contributed by atoms with E-state index < -0.39 is 16.9 Å². The molecule has 13 heteroatoms. The Morgan fingerprint density at radius 1 is 1.28 bits per heavy atom. The molecule has 29 heavy (non-hydrogen) atoms. The quantitative estimate of drug-likeness (QED) is 0.474. The maximum Gasteiger partial charge on any atom is 0.436 e. The number of rotatable bonds is 2. The molecular formula is C16H13ClF3N7OS. The zero-order valence-electron chi connectivity index (χ0n) is 15.5. The Bertz CT molecular complexity index is 1290. The molecule has 0 unspecified atom stereocenters. The molecule has 4 aromatic rings. The Hall–Kier alpha value is -2.73. The molecule has 0 fully saturated rings. The molecule has 0 N–H and O–H groups in total. The number of hydrogen-bond donors (Lipinski definition) is 0. The summed E-state index contributed by atoms with van der Waals surface area (Å²) in [5.74, 6) is -0.200. The average Bonchev–Trinajstić information content (AvgIpc) is 3.27. The molecule has 4 heterocycles. The van der Waals surface area contributed by atoms with Crippen LogP contribution in [-0.4, -0.2) is 54.3 Å². The minimum Gasteiger partial charge on any atom is -0.344 e. The Morgan fingerprint density at radius 3 is 2.55 bits per heavy atom. The van der Waals surface area contributed by atoms with E-state index in [-0.39, 0.29) is 17.4 Å². The van der Waals surface area contributed by atoms with Crippen LogP contribution in [0, 0.1) is 6.92 Å². The molecule has 0 aliphatic heterocycles. The zero-order valence-corrected chi connectivity index (χ0v) is 17.1. The van der Waals surface area contributed by atoms with Gasteiger partial charge in [-0.05, 0) is 12.5 Å². The second kappa shape index (κ2) is 6.39. The van der Waals surface area contributed by atoms with Crippen LogP contribution in [0.4, 0.5) is 13.2 Å². The first-order valence-corrected chi connectivity index (χ1v) is 9.36. The molecule has 0 radical (unpaired) electrons. The van der Waals surface area contributed by atoms with Crippen molar-refractivity contribution in [3.8, 4) is 11.5 Å². The van der Waals surface area contributed by atoms with Crippen molar-refractivity contribution in [1.82, 2.24) is 34.3 Å². The first-order chi connectivity index (χ1) is 13.5. The molecule has 0 atom stereocenters. The summed E-state index contributed by atoms with van der Waals surface area (Å²) in [6.45, 7) is 1.77. The number of halogens is 4. The van der Waals surface area contributed by atoms with Crippen molar-refractivity contribution in [1.29, 1.82) is 0 Å². The molecule has 0 bridgehead atoms. The highest BCUT2D eigenvalue weighted by atomic mass is 35.5. The number of aromatic nitrogens is 6. The van der Waals surface area contributed by atoms with Crippen LogP contribution in [0.2, 0.25) is 5.02 Å². The first-order valence-electron chi connectivity index (χ1n) is 8.17. The lowest BCUT2D eigenvalue weighted by Gasteiger charge is -2.08. The van der Waals surface area contributed by atoms with Gasteiger partial charge < -0.3 is 4.90 Å². The number of alkyl halides is 3. The van der Waals surface area contributed by atoms with Gasteiger partial charge in [0.2, 0.25) is 5.82 Å². The Balaban J connectivity index is 1.96. The van der Waals surface area contributed by atoms with Crippen molar-refractivity contribution in [3.05, 3.63) is 27.5 Å². The number of nitrogens with zero attached hydrogens (tertiary/aromatic N) is 7. The summed E-state index contributed by atoms with van der Waals surface area (Å²) in [5, 5.41) is 7.71. The third-order valence-corrected chi connectivity index (χ3v) is 5.88. The minimum absolute atomic E-state index is 0.0270. The van der Waals surface area contributed by atoms with Gasteiger partial charge in [0.1, 0.15) is 21.9 Å². The third kappa shape index (κ3) is 2.94. The molecule has 1 amide bonds. The molecule has 4 aromatic heterocycles. The Labute approximate surface area is 170 Å². The van der Waals surface area contributed by atoms with E-state index in [1.807, 2.05) is 0 Å². The van der Waals surface area contributed by atoms with Gasteiger partial charge >= 0.3 is 6.18 Å². The topological polar surface area (TPSA) is 81.2 Å². The normalized spacial score (nSPS) is 12.3. The van der Waals surface area contributed by atoms with Crippen LogP contribution in [0.3, 0.4) is 0 Å². The number of fused-ring (bicyclic) bond motifs is 3. The number of amides is 1. The van der Waals surface area contributed by atoms with Gasteiger partial charge in [0, 0.05) is 21.1 Å². The monoisotopic (exact) mass is 443 g/mol. The number of hydrogen-bond acceptors (Lipinski definition) is 6. The van der Waals surface area contributed by atoms with E-state index >= 15 is 0 Å². The molecular weight excluding hydrogens is 431 g/mol. The van der Waals surface area contributed by atoms with Gasteiger partial charge in [-0.15, -0.1) is 16.4 Å². The van der Waals surface area contributed by atoms with E-state index in [1.54, 1.807) is 21.0 Å². The van der Waals surface area contributed by atoms with E-state index in [2.05, 4.69) is 20.2 Å². The fraction of sp³-hybridized carbons (Fsp3) is 0.312. The van der Waals surface area contributed by atoms with Gasteiger partial charge in [-0.25, -0.2) is 14.5 Å². The van der Waals surface area contributed by atoms with Crippen molar-refractivity contribution in [2.75, 3.05) is 14.1 Å². The number of carbonyl (C=O) groups excluding carboxylic acids is 1. The van der Waals surface area contributed by atoms with Crippen molar-refractivity contribution < 1.29 is 18.0 Å². The highest BCUT2D eigenvalue weighted by molar-refractivity contribution is 7.20. The summed E-state index contributed by atoms with van der Waals surface area (Å²) in [7, 11) is 4.62. The van der Waals surface area contributed by atoms with Crippen LogP contribution < -0.4 is 0 Å². The first kappa shape index (κ1) is 19.6. The maximum absolute atomic E-state index is 13.1. The van der Waals surface area contributed by atoms with Crippen molar-refractivity contribution in [2.45, 2.75) is 13.1 Å². The lowest BCUT2D eigenvalue weighted by Crippen LogP contribution is -2.21. The minimum atomic E-state index is -4.70. The molecule has 0 aliphatic rings.